The number of nitrogens with two attached hydrogens (primary N) is 1. The van der Waals surface area contributed by atoms with E-state index in [-0.39, 0.29) is 0 Å². The fourth-order valence-electron chi connectivity index (χ4n) is 1.57. The molecule has 4 heteroatoms. The molecule has 2 rings (SSSR count). The highest BCUT2D eigenvalue weighted by atomic mass is 35.5. The Balaban J connectivity index is 2.27. The maximum absolute atomic E-state index is 5.90. The fraction of sp³-hybridized carbons (Fsp3) is 0.0714. The predicted molar refractivity (Wildman–Crippen MR) is 78.6 cm³/mol. The van der Waals surface area contributed by atoms with Crippen LogP contribution in [0, 0.1) is 6.92 Å². The van der Waals surface area contributed by atoms with Crippen molar-refractivity contribution in [3.63, 3.8) is 0 Å². The second kappa shape index (κ2) is 5.38. The molecule has 0 saturated carbocycles. The second-order valence-corrected chi connectivity index (χ2v) is 4.78. The van der Waals surface area contributed by atoms with Gasteiger partial charge in [0.05, 0.1) is 0 Å². The zero-order valence-electron chi connectivity index (χ0n) is 9.81. The first kappa shape index (κ1) is 12.9. The van der Waals surface area contributed by atoms with Gasteiger partial charge in [-0.2, -0.15) is 0 Å². The van der Waals surface area contributed by atoms with Crippen LogP contribution in [0.1, 0.15) is 11.1 Å². The summed E-state index contributed by atoms with van der Waals surface area (Å²) in [5, 5.41) is 0.643. The molecule has 0 heterocycles. The Morgan fingerprint density at radius 3 is 2.61 bits per heavy atom. The van der Waals surface area contributed by atoms with Crippen molar-refractivity contribution in [2.75, 3.05) is 0 Å². The SMILES string of the molecule is Cc1cc(C(N)=S)ccc1Oc1cccc(Cl)c1. The zero-order chi connectivity index (χ0) is 13.1. The predicted octanol–water partition coefficient (Wildman–Crippen LogP) is 4.07. The van der Waals surface area contributed by atoms with Gasteiger partial charge in [0, 0.05) is 10.6 Å². The van der Waals surface area contributed by atoms with E-state index in [4.69, 9.17) is 34.3 Å². The monoisotopic (exact) mass is 277 g/mol. The number of ether oxygens (including phenoxy) is 1. The molecule has 0 fully saturated rings. The van der Waals surface area contributed by atoms with E-state index in [2.05, 4.69) is 0 Å². The first-order chi connectivity index (χ1) is 8.56. The van der Waals surface area contributed by atoms with Gasteiger partial charge in [0.1, 0.15) is 16.5 Å². The third-order valence-corrected chi connectivity index (χ3v) is 2.95. The van der Waals surface area contributed by atoms with Crippen molar-refractivity contribution in [3.8, 4) is 11.5 Å². The maximum atomic E-state index is 5.90. The molecule has 0 aliphatic carbocycles. The van der Waals surface area contributed by atoms with Crippen LogP contribution in [0.2, 0.25) is 5.02 Å². The van der Waals surface area contributed by atoms with Crippen molar-refractivity contribution < 1.29 is 4.74 Å². The summed E-state index contributed by atoms with van der Waals surface area (Å²) in [7, 11) is 0. The molecular formula is C14H12ClNOS. The van der Waals surface area contributed by atoms with E-state index in [1.54, 1.807) is 12.1 Å². The molecule has 0 spiro atoms. The molecule has 0 aliphatic heterocycles. The number of rotatable bonds is 3. The molecule has 18 heavy (non-hydrogen) atoms. The van der Waals surface area contributed by atoms with Crippen LogP contribution < -0.4 is 10.5 Å². The highest BCUT2D eigenvalue weighted by Gasteiger charge is 2.04. The zero-order valence-corrected chi connectivity index (χ0v) is 11.4. The standard InChI is InChI=1S/C14H12ClNOS/c1-9-7-10(14(16)18)5-6-13(9)17-12-4-2-3-11(15)8-12/h2-8H,1H3,(H2,16,18). The van der Waals surface area contributed by atoms with Gasteiger partial charge in [0.15, 0.2) is 0 Å². The summed E-state index contributed by atoms with van der Waals surface area (Å²) >= 11 is 10.8. The lowest BCUT2D eigenvalue weighted by Gasteiger charge is -2.10. The number of benzene rings is 2. The number of aryl methyl sites for hydroxylation is 1. The van der Waals surface area contributed by atoms with Crippen molar-refractivity contribution in [1.82, 2.24) is 0 Å². The summed E-state index contributed by atoms with van der Waals surface area (Å²) in [5.74, 6) is 1.46. The topological polar surface area (TPSA) is 35.2 Å². The Kier molecular flexibility index (Phi) is 3.84. The summed E-state index contributed by atoms with van der Waals surface area (Å²) in [6, 6.07) is 12.9. The van der Waals surface area contributed by atoms with E-state index in [0.29, 0.717) is 15.8 Å². The lowest BCUT2D eigenvalue weighted by Crippen LogP contribution is -2.09. The van der Waals surface area contributed by atoms with Crippen LogP contribution in [0.15, 0.2) is 42.5 Å². The molecule has 0 unspecified atom stereocenters. The first-order valence-corrected chi connectivity index (χ1v) is 6.19. The highest BCUT2D eigenvalue weighted by molar-refractivity contribution is 7.80. The molecule has 2 aromatic carbocycles. The molecule has 0 aliphatic rings. The Bertz CT molecular complexity index is 598. The third-order valence-electron chi connectivity index (χ3n) is 2.48. The molecule has 2 N–H and O–H groups in total. The van der Waals surface area contributed by atoms with Crippen LogP contribution in [0.25, 0.3) is 0 Å². The van der Waals surface area contributed by atoms with Crippen LogP contribution in [-0.4, -0.2) is 4.99 Å². The molecule has 2 nitrogen and oxygen atoms in total. The van der Waals surface area contributed by atoms with E-state index in [1.807, 2.05) is 37.3 Å². The average Bonchev–Trinajstić information content (AvgIpc) is 2.31. The van der Waals surface area contributed by atoms with E-state index < -0.39 is 0 Å². The Hall–Kier alpha value is -1.58. The molecule has 0 radical (unpaired) electrons. The molecule has 0 amide bonds. The van der Waals surface area contributed by atoms with Gasteiger partial charge in [-0.15, -0.1) is 0 Å². The maximum Gasteiger partial charge on any atom is 0.130 e. The number of hydrogen-bond donors (Lipinski definition) is 1. The van der Waals surface area contributed by atoms with Gasteiger partial charge in [-0.05, 0) is 48.9 Å². The van der Waals surface area contributed by atoms with Crippen LogP contribution in [0.4, 0.5) is 0 Å². The van der Waals surface area contributed by atoms with Crippen molar-refractivity contribution in [1.29, 1.82) is 0 Å². The minimum Gasteiger partial charge on any atom is -0.457 e. The summed E-state index contributed by atoms with van der Waals surface area (Å²) in [6.07, 6.45) is 0. The number of thiocarbonyl (C=S) groups is 1. The molecule has 92 valence electrons. The van der Waals surface area contributed by atoms with E-state index >= 15 is 0 Å². The quantitative estimate of drug-likeness (QED) is 0.859. The Labute approximate surface area is 116 Å². The van der Waals surface area contributed by atoms with Crippen LogP contribution in [0.3, 0.4) is 0 Å². The number of hydrogen-bond acceptors (Lipinski definition) is 2. The van der Waals surface area contributed by atoms with Gasteiger partial charge >= 0.3 is 0 Å². The summed E-state index contributed by atoms with van der Waals surface area (Å²) < 4.78 is 5.76. The molecule has 0 aromatic heterocycles. The minimum absolute atomic E-state index is 0.382. The molecular weight excluding hydrogens is 266 g/mol. The summed E-state index contributed by atoms with van der Waals surface area (Å²) in [4.78, 5) is 0.382. The lowest BCUT2D eigenvalue weighted by molar-refractivity contribution is 0.479. The molecule has 0 saturated heterocycles. The summed E-state index contributed by atoms with van der Waals surface area (Å²) in [5.41, 5.74) is 7.39. The molecule has 0 bridgehead atoms. The largest absolute Gasteiger partial charge is 0.457 e. The van der Waals surface area contributed by atoms with Crippen molar-refractivity contribution >= 4 is 28.8 Å². The number of halogens is 1. The van der Waals surface area contributed by atoms with Gasteiger partial charge < -0.3 is 10.5 Å². The van der Waals surface area contributed by atoms with E-state index in [0.717, 1.165) is 16.9 Å². The lowest BCUT2D eigenvalue weighted by atomic mass is 10.1. The second-order valence-electron chi connectivity index (χ2n) is 3.90. The normalized spacial score (nSPS) is 10.1. The Morgan fingerprint density at radius 2 is 2.00 bits per heavy atom. The molecule has 2 aromatic rings. The van der Waals surface area contributed by atoms with Gasteiger partial charge in [-0.3, -0.25) is 0 Å². The van der Waals surface area contributed by atoms with Crippen LogP contribution in [0.5, 0.6) is 11.5 Å². The van der Waals surface area contributed by atoms with Crippen LogP contribution in [-0.2, 0) is 0 Å². The van der Waals surface area contributed by atoms with Crippen molar-refractivity contribution in [2.24, 2.45) is 5.73 Å². The fourth-order valence-corrected chi connectivity index (χ4v) is 1.88. The first-order valence-electron chi connectivity index (χ1n) is 5.40. The average molecular weight is 278 g/mol. The van der Waals surface area contributed by atoms with Gasteiger partial charge in [-0.1, -0.05) is 29.9 Å². The van der Waals surface area contributed by atoms with Crippen molar-refractivity contribution in [2.45, 2.75) is 6.92 Å². The molecule has 0 atom stereocenters. The minimum atomic E-state index is 0.382. The third kappa shape index (κ3) is 3.00. The summed E-state index contributed by atoms with van der Waals surface area (Å²) in [6.45, 7) is 1.95. The van der Waals surface area contributed by atoms with E-state index in [1.165, 1.54) is 0 Å². The van der Waals surface area contributed by atoms with E-state index in [9.17, 15) is 0 Å². The Morgan fingerprint density at radius 1 is 1.22 bits per heavy atom. The highest BCUT2D eigenvalue weighted by Crippen LogP contribution is 2.27. The van der Waals surface area contributed by atoms with Crippen LogP contribution >= 0.6 is 23.8 Å². The van der Waals surface area contributed by atoms with Gasteiger partial charge in [0.2, 0.25) is 0 Å². The van der Waals surface area contributed by atoms with Gasteiger partial charge in [0.25, 0.3) is 0 Å². The van der Waals surface area contributed by atoms with Crippen molar-refractivity contribution in [3.05, 3.63) is 58.6 Å². The smallest absolute Gasteiger partial charge is 0.130 e. The van der Waals surface area contributed by atoms with Gasteiger partial charge in [-0.25, -0.2) is 0 Å².